The minimum Gasteiger partial charge on any atom is -0.429 e. The number of Topliss-reactive ketones (excluding diaryl/α,β-unsaturated/α-hetero) is 1. The minimum absolute atomic E-state index is 0.00285. The summed E-state index contributed by atoms with van der Waals surface area (Å²) < 4.78 is 10.1. The number of anilines is 1. The number of imide groups is 1. The summed E-state index contributed by atoms with van der Waals surface area (Å²) in [6.45, 7) is 5.50. The van der Waals surface area contributed by atoms with Gasteiger partial charge >= 0.3 is 6.16 Å². The summed E-state index contributed by atoms with van der Waals surface area (Å²) in [5.74, 6) is -2.16. The van der Waals surface area contributed by atoms with E-state index in [0.29, 0.717) is 43.5 Å². The number of nitro benzene ring substituents is 1. The van der Waals surface area contributed by atoms with Crippen molar-refractivity contribution in [1.82, 2.24) is 10.2 Å². The van der Waals surface area contributed by atoms with Gasteiger partial charge in [-0.1, -0.05) is 26.0 Å². The zero-order valence-electron chi connectivity index (χ0n) is 27.6. The number of ether oxygens (including phenoxy) is 2. The normalized spacial score (nSPS) is 18.5. The second-order valence-corrected chi connectivity index (χ2v) is 12.7. The first-order chi connectivity index (χ1) is 23.3. The highest BCUT2D eigenvalue weighted by Gasteiger charge is 2.34. The van der Waals surface area contributed by atoms with E-state index in [9.17, 15) is 38.9 Å². The predicted molar refractivity (Wildman–Crippen MR) is 176 cm³/mol. The first kappa shape index (κ1) is 36.4. The van der Waals surface area contributed by atoms with E-state index in [1.54, 1.807) is 31.2 Å². The van der Waals surface area contributed by atoms with Gasteiger partial charge < -0.3 is 20.1 Å². The number of benzene rings is 2. The Labute approximate surface area is 283 Å². The molecule has 0 bridgehead atoms. The molecule has 49 heavy (non-hydrogen) atoms. The Bertz CT molecular complexity index is 1580. The van der Waals surface area contributed by atoms with E-state index in [4.69, 9.17) is 9.47 Å². The van der Waals surface area contributed by atoms with Gasteiger partial charge in [-0.2, -0.15) is 0 Å². The molecule has 2 atom stereocenters. The van der Waals surface area contributed by atoms with Crippen LogP contribution in [0.3, 0.4) is 0 Å². The largest absolute Gasteiger partial charge is 0.514 e. The first-order valence-electron chi connectivity index (χ1n) is 16.2. The molecule has 1 aliphatic carbocycles. The van der Waals surface area contributed by atoms with Gasteiger partial charge in [-0.3, -0.25) is 39.0 Å². The van der Waals surface area contributed by atoms with Crippen molar-refractivity contribution in [2.45, 2.75) is 65.5 Å². The highest BCUT2D eigenvalue weighted by molar-refractivity contribution is 6.12. The highest BCUT2D eigenvalue weighted by atomic mass is 16.7. The number of amides is 4. The maximum absolute atomic E-state index is 13.2. The molecule has 1 fully saturated rings. The molecule has 2 aliphatic rings. The SMILES string of the molecule is CC(C)[C@H](CC(=O)C1CCC(CN2C(=O)C=CC2=O)CC1)C(=O)N[C@@H](C)C(=O)Nc1ccc(COC(=O)Oc2ccc([N+](=O)[O-])cc2)cc1. The minimum atomic E-state index is -0.993. The number of carbonyl (C=O) groups is 6. The Morgan fingerprint density at radius 1 is 0.898 bits per heavy atom. The van der Waals surface area contributed by atoms with Crippen molar-refractivity contribution in [1.29, 1.82) is 0 Å². The Morgan fingerprint density at radius 2 is 1.51 bits per heavy atom. The van der Waals surface area contributed by atoms with E-state index in [1.165, 1.54) is 41.3 Å². The van der Waals surface area contributed by atoms with Gasteiger partial charge in [0.1, 0.15) is 24.2 Å². The predicted octanol–water partition coefficient (Wildman–Crippen LogP) is 4.72. The molecule has 4 rings (SSSR count). The lowest BCUT2D eigenvalue weighted by atomic mass is 9.77. The van der Waals surface area contributed by atoms with E-state index in [2.05, 4.69) is 10.6 Å². The summed E-state index contributed by atoms with van der Waals surface area (Å²) in [7, 11) is 0. The van der Waals surface area contributed by atoms with Gasteiger partial charge in [0.05, 0.1) is 4.92 Å². The molecule has 0 aromatic heterocycles. The smallest absolute Gasteiger partial charge is 0.429 e. The summed E-state index contributed by atoms with van der Waals surface area (Å²) in [6, 6.07) is 10.6. The molecule has 1 saturated carbocycles. The van der Waals surface area contributed by atoms with Gasteiger partial charge in [-0.25, -0.2) is 4.79 Å². The van der Waals surface area contributed by atoms with Crippen LogP contribution in [0.15, 0.2) is 60.7 Å². The lowest BCUT2D eigenvalue weighted by Gasteiger charge is -2.31. The molecule has 1 heterocycles. The molecule has 4 amide bonds. The number of carbonyl (C=O) groups excluding carboxylic acids is 6. The van der Waals surface area contributed by atoms with Crippen LogP contribution in [-0.4, -0.2) is 58.0 Å². The maximum Gasteiger partial charge on any atom is 0.514 e. The van der Waals surface area contributed by atoms with E-state index >= 15 is 0 Å². The molecule has 0 unspecified atom stereocenters. The molecule has 14 nitrogen and oxygen atoms in total. The fourth-order valence-electron chi connectivity index (χ4n) is 5.78. The zero-order chi connectivity index (χ0) is 35.7. The number of rotatable bonds is 14. The number of nitro groups is 1. The molecule has 2 aromatic carbocycles. The number of hydrogen-bond acceptors (Lipinski definition) is 10. The summed E-state index contributed by atoms with van der Waals surface area (Å²) in [5.41, 5.74) is 0.909. The number of non-ortho nitro benzene ring substituents is 1. The van der Waals surface area contributed by atoms with Crippen LogP contribution in [-0.2, 0) is 35.3 Å². The van der Waals surface area contributed by atoms with E-state index in [-0.39, 0.29) is 65.7 Å². The van der Waals surface area contributed by atoms with Crippen LogP contribution < -0.4 is 15.4 Å². The van der Waals surface area contributed by atoms with Crippen LogP contribution in [0.4, 0.5) is 16.2 Å². The van der Waals surface area contributed by atoms with Crippen molar-refractivity contribution in [3.63, 3.8) is 0 Å². The summed E-state index contributed by atoms with van der Waals surface area (Å²) >= 11 is 0. The zero-order valence-corrected chi connectivity index (χ0v) is 27.6. The quantitative estimate of drug-likeness (QED) is 0.0931. The summed E-state index contributed by atoms with van der Waals surface area (Å²) in [6.07, 6.45) is 4.31. The lowest BCUT2D eigenvalue weighted by molar-refractivity contribution is -0.384. The van der Waals surface area contributed by atoms with Crippen molar-refractivity contribution >= 4 is 46.9 Å². The van der Waals surface area contributed by atoms with Crippen LogP contribution in [0.25, 0.3) is 0 Å². The maximum atomic E-state index is 13.2. The van der Waals surface area contributed by atoms with Gasteiger partial charge in [0.2, 0.25) is 11.8 Å². The fourth-order valence-corrected chi connectivity index (χ4v) is 5.78. The van der Waals surface area contributed by atoms with Gasteiger partial charge in [-0.05, 0) is 74.3 Å². The molecular formula is C35H40N4O10. The molecule has 260 valence electrons. The third-order valence-corrected chi connectivity index (χ3v) is 8.78. The molecule has 0 spiro atoms. The number of nitrogens with one attached hydrogen (secondary N) is 2. The summed E-state index contributed by atoms with van der Waals surface area (Å²) in [4.78, 5) is 86.4. The van der Waals surface area contributed by atoms with Gasteiger partial charge in [0, 0.05) is 54.8 Å². The van der Waals surface area contributed by atoms with Crippen molar-refractivity contribution in [2.75, 3.05) is 11.9 Å². The Balaban J connectivity index is 1.19. The number of ketones is 1. The van der Waals surface area contributed by atoms with E-state index in [0.717, 1.165) is 0 Å². The fraction of sp³-hybridized carbons (Fsp3) is 0.429. The molecule has 2 N–H and O–H groups in total. The van der Waals surface area contributed by atoms with Crippen molar-refractivity contribution in [3.05, 3.63) is 76.4 Å². The second-order valence-electron chi connectivity index (χ2n) is 12.7. The van der Waals surface area contributed by atoms with E-state index < -0.39 is 28.9 Å². The first-order valence-corrected chi connectivity index (χ1v) is 16.2. The number of hydrogen-bond donors (Lipinski definition) is 2. The standard InChI is InChI=1S/C35H40N4O10/c1-21(2)29(18-30(40)25-8-4-23(5-9-25)19-38-31(41)16-17-32(38)42)34(44)36-22(3)33(43)37-26-10-6-24(7-11-26)20-48-35(45)49-28-14-12-27(13-15-28)39(46)47/h6-7,10-17,21-23,25,29H,4-5,8-9,18-20H2,1-3H3,(H,36,44)(H,37,43)/t22-,23?,25?,29-/m0/s1. The van der Waals surface area contributed by atoms with E-state index in [1.807, 2.05) is 13.8 Å². The summed E-state index contributed by atoms with van der Waals surface area (Å²) in [5, 5.41) is 16.2. The monoisotopic (exact) mass is 676 g/mol. The van der Waals surface area contributed by atoms with Crippen molar-refractivity contribution < 1.29 is 43.2 Å². The van der Waals surface area contributed by atoms with Crippen molar-refractivity contribution in [3.8, 4) is 5.75 Å². The Hall–Kier alpha value is -5.40. The van der Waals surface area contributed by atoms with Gasteiger partial charge in [0.25, 0.3) is 17.5 Å². The average Bonchev–Trinajstić information content (AvgIpc) is 3.39. The van der Waals surface area contributed by atoms with Crippen LogP contribution in [0, 0.1) is 33.8 Å². The number of nitrogens with zero attached hydrogens (tertiary/aromatic N) is 2. The molecule has 0 radical (unpaired) electrons. The van der Waals surface area contributed by atoms with Crippen LogP contribution in [0.2, 0.25) is 0 Å². The topological polar surface area (TPSA) is 191 Å². The Morgan fingerprint density at radius 3 is 2.08 bits per heavy atom. The molecule has 2 aromatic rings. The second kappa shape index (κ2) is 16.6. The molecule has 1 aliphatic heterocycles. The molecule has 14 heteroatoms. The van der Waals surface area contributed by atoms with Crippen molar-refractivity contribution in [2.24, 2.45) is 23.7 Å². The Kier molecular flexibility index (Phi) is 12.4. The van der Waals surface area contributed by atoms with Crippen LogP contribution in [0.1, 0.15) is 58.4 Å². The molecule has 0 saturated heterocycles. The van der Waals surface area contributed by atoms with Gasteiger partial charge in [0.15, 0.2) is 0 Å². The molecular weight excluding hydrogens is 636 g/mol. The van der Waals surface area contributed by atoms with Crippen LogP contribution in [0.5, 0.6) is 5.75 Å². The third kappa shape index (κ3) is 10.3. The lowest BCUT2D eigenvalue weighted by Crippen LogP contribution is -2.46. The third-order valence-electron chi connectivity index (χ3n) is 8.78. The van der Waals surface area contributed by atoms with Gasteiger partial charge in [-0.15, -0.1) is 0 Å². The van der Waals surface area contributed by atoms with Crippen LogP contribution >= 0.6 is 0 Å². The average molecular weight is 677 g/mol. The highest BCUT2D eigenvalue weighted by Crippen LogP contribution is 2.32.